The zero-order valence-electron chi connectivity index (χ0n) is 15.2. The Bertz CT molecular complexity index is 1170. The molecule has 1 atom stereocenters. The molecule has 7 heteroatoms. The van der Waals surface area contributed by atoms with E-state index in [2.05, 4.69) is 15.1 Å². The minimum Gasteiger partial charge on any atom is -0.448 e. The monoisotopic (exact) mass is 377 g/mol. The Balaban J connectivity index is 1.51. The average Bonchev–Trinajstić information content (AvgIpc) is 3.20. The highest BCUT2D eigenvalue weighted by atomic mass is 19.1. The SMILES string of the molecule is Cc1ccc(-c2noc(C(C)OC(=O)c3ccc4ccccc4n3)n2)cc1F. The molecule has 0 amide bonds. The molecule has 2 heterocycles. The standard InChI is InChI=1S/C21H16FN3O3/c1-12-7-8-15(11-16(12)22)19-24-20(28-25-19)13(2)27-21(26)18-10-9-14-5-3-4-6-17(14)23-18/h3-11,13H,1-2H3. The third-order valence-electron chi connectivity index (χ3n) is 4.31. The molecule has 0 aliphatic rings. The number of nitrogens with zero attached hydrogens (tertiary/aromatic N) is 3. The Morgan fingerprint density at radius 2 is 1.93 bits per heavy atom. The summed E-state index contributed by atoms with van der Waals surface area (Å²) < 4.78 is 24.3. The Morgan fingerprint density at radius 1 is 1.11 bits per heavy atom. The molecular weight excluding hydrogens is 361 g/mol. The number of carbonyl (C=O) groups excluding carboxylic acids is 1. The highest BCUT2D eigenvalue weighted by molar-refractivity contribution is 5.91. The molecule has 0 radical (unpaired) electrons. The summed E-state index contributed by atoms with van der Waals surface area (Å²) in [6, 6.07) is 15.6. The Kier molecular flexibility index (Phi) is 4.57. The van der Waals surface area contributed by atoms with Gasteiger partial charge in [-0.2, -0.15) is 4.98 Å². The van der Waals surface area contributed by atoms with Gasteiger partial charge in [-0.25, -0.2) is 14.2 Å². The van der Waals surface area contributed by atoms with Gasteiger partial charge in [0.05, 0.1) is 5.52 Å². The van der Waals surface area contributed by atoms with Gasteiger partial charge >= 0.3 is 5.97 Å². The molecule has 140 valence electrons. The van der Waals surface area contributed by atoms with E-state index >= 15 is 0 Å². The minimum absolute atomic E-state index is 0.116. The van der Waals surface area contributed by atoms with Crippen molar-refractivity contribution < 1.29 is 18.4 Å². The number of carbonyl (C=O) groups is 1. The number of esters is 1. The van der Waals surface area contributed by atoms with Crippen molar-refractivity contribution >= 4 is 16.9 Å². The van der Waals surface area contributed by atoms with Crippen molar-refractivity contribution in [3.05, 3.63) is 77.6 Å². The first-order valence-corrected chi connectivity index (χ1v) is 8.68. The van der Waals surface area contributed by atoms with Crippen LogP contribution in [0.2, 0.25) is 0 Å². The second kappa shape index (κ2) is 7.19. The summed E-state index contributed by atoms with van der Waals surface area (Å²) in [5.41, 5.74) is 1.89. The molecule has 0 saturated heterocycles. The van der Waals surface area contributed by atoms with Gasteiger partial charge in [-0.1, -0.05) is 41.6 Å². The van der Waals surface area contributed by atoms with Crippen LogP contribution in [-0.4, -0.2) is 21.1 Å². The molecule has 0 aliphatic carbocycles. The number of ether oxygens (including phenoxy) is 1. The molecule has 0 aliphatic heterocycles. The maximum atomic E-state index is 13.7. The second-order valence-electron chi connectivity index (χ2n) is 6.36. The van der Waals surface area contributed by atoms with Gasteiger partial charge in [0.2, 0.25) is 5.82 Å². The van der Waals surface area contributed by atoms with Crippen molar-refractivity contribution in [2.45, 2.75) is 20.0 Å². The molecule has 0 bridgehead atoms. The predicted octanol–water partition coefficient (Wildman–Crippen LogP) is 4.65. The number of para-hydroxylation sites is 1. The molecule has 0 N–H and O–H groups in total. The molecule has 4 aromatic rings. The number of fused-ring (bicyclic) bond motifs is 1. The van der Waals surface area contributed by atoms with E-state index in [1.165, 1.54) is 6.07 Å². The van der Waals surface area contributed by atoms with Crippen molar-refractivity contribution in [1.82, 2.24) is 15.1 Å². The first kappa shape index (κ1) is 17.8. The van der Waals surface area contributed by atoms with E-state index in [1.807, 2.05) is 24.3 Å². The van der Waals surface area contributed by atoms with Crippen LogP contribution in [0, 0.1) is 12.7 Å². The van der Waals surface area contributed by atoms with E-state index in [0.717, 1.165) is 5.39 Å². The summed E-state index contributed by atoms with van der Waals surface area (Å²) in [7, 11) is 0. The first-order chi connectivity index (χ1) is 13.5. The fourth-order valence-corrected chi connectivity index (χ4v) is 2.70. The highest BCUT2D eigenvalue weighted by Gasteiger charge is 2.21. The van der Waals surface area contributed by atoms with Crippen LogP contribution < -0.4 is 0 Å². The van der Waals surface area contributed by atoms with E-state index < -0.39 is 12.1 Å². The average molecular weight is 377 g/mol. The zero-order valence-corrected chi connectivity index (χ0v) is 15.2. The number of benzene rings is 2. The quantitative estimate of drug-likeness (QED) is 0.482. The normalized spacial score (nSPS) is 12.1. The van der Waals surface area contributed by atoms with E-state index in [4.69, 9.17) is 9.26 Å². The van der Waals surface area contributed by atoms with Crippen LogP contribution >= 0.6 is 0 Å². The van der Waals surface area contributed by atoms with Crippen LogP contribution in [0.3, 0.4) is 0 Å². The van der Waals surface area contributed by atoms with E-state index in [-0.39, 0.29) is 23.2 Å². The summed E-state index contributed by atoms with van der Waals surface area (Å²) in [5, 5.41) is 4.77. The molecular formula is C21H16FN3O3. The lowest BCUT2D eigenvalue weighted by Gasteiger charge is -2.09. The Morgan fingerprint density at radius 3 is 2.75 bits per heavy atom. The van der Waals surface area contributed by atoms with Crippen LogP contribution in [-0.2, 0) is 4.74 Å². The zero-order chi connectivity index (χ0) is 19.7. The Labute approximate surface area is 160 Å². The number of hydrogen-bond acceptors (Lipinski definition) is 6. The van der Waals surface area contributed by atoms with Crippen molar-refractivity contribution in [1.29, 1.82) is 0 Å². The van der Waals surface area contributed by atoms with Crippen LogP contribution in [0.25, 0.3) is 22.3 Å². The molecule has 0 saturated carbocycles. The molecule has 2 aromatic carbocycles. The summed E-state index contributed by atoms with van der Waals surface area (Å²) in [5.74, 6) is -0.615. The van der Waals surface area contributed by atoms with Crippen molar-refractivity contribution in [3.63, 3.8) is 0 Å². The lowest BCUT2D eigenvalue weighted by atomic mass is 10.1. The van der Waals surface area contributed by atoms with E-state index in [9.17, 15) is 9.18 Å². The van der Waals surface area contributed by atoms with Gasteiger partial charge in [-0.15, -0.1) is 0 Å². The molecule has 2 aromatic heterocycles. The van der Waals surface area contributed by atoms with Crippen LogP contribution in [0.5, 0.6) is 0 Å². The smallest absolute Gasteiger partial charge is 0.357 e. The predicted molar refractivity (Wildman–Crippen MR) is 100 cm³/mol. The third-order valence-corrected chi connectivity index (χ3v) is 4.31. The second-order valence-corrected chi connectivity index (χ2v) is 6.36. The topological polar surface area (TPSA) is 78.1 Å². The number of hydrogen-bond donors (Lipinski definition) is 0. The molecule has 0 fully saturated rings. The summed E-state index contributed by atoms with van der Waals surface area (Å²) in [4.78, 5) is 20.9. The number of halogens is 1. The maximum absolute atomic E-state index is 13.7. The summed E-state index contributed by atoms with van der Waals surface area (Å²) >= 11 is 0. The molecule has 1 unspecified atom stereocenters. The highest BCUT2D eigenvalue weighted by Crippen LogP contribution is 2.23. The minimum atomic E-state index is -0.780. The van der Waals surface area contributed by atoms with Gasteiger partial charge in [0.25, 0.3) is 5.89 Å². The fourth-order valence-electron chi connectivity index (χ4n) is 2.70. The Hall–Kier alpha value is -3.61. The maximum Gasteiger partial charge on any atom is 0.357 e. The van der Waals surface area contributed by atoms with Gasteiger partial charge in [0.15, 0.2) is 6.10 Å². The van der Waals surface area contributed by atoms with Gasteiger partial charge < -0.3 is 9.26 Å². The molecule has 6 nitrogen and oxygen atoms in total. The van der Waals surface area contributed by atoms with E-state index in [1.54, 1.807) is 38.1 Å². The number of rotatable bonds is 4. The van der Waals surface area contributed by atoms with Crippen molar-refractivity contribution in [2.24, 2.45) is 0 Å². The van der Waals surface area contributed by atoms with Crippen LogP contribution in [0.15, 0.2) is 59.1 Å². The summed E-state index contributed by atoms with van der Waals surface area (Å²) in [6.45, 7) is 3.29. The van der Waals surface area contributed by atoms with Gasteiger partial charge in [-0.05, 0) is 37.6 Å². The number of pyridine rings is 1. The fraction of sp³-hybridized carbons (Fsp3) is 0.143. The largest absolute Gasteiger partial charge is 0.448 e. The number of aromatic nitrogens is 3. The molecule has 4 rings (SSSR count). The van der Waals surface area contributed by atoms with E-state index in [0.29, 0.717) is 16.6 Å². The third kappa shape index (κ3) is 3.46. The van der Waals surface area contributed by atoms with Gasteiger partial charge in [0, 0.05) is 10.9 Å². The molecule has 28 heavy (non-hydrogen) atoms. The lowest BCUT2D eigenvalue weighted by Crippen LogP contribution is -2.11. The molecule has 0 spiro atoms. The van der Waals surface area contributed by atoms with Crippen molar-refractivity contribution in [2.75, 3.05) is 0 Å². The lowest BCUT2D eigenvalue weighted by molar-refractivity contribution is 0.0259. The summed E-state index contributed by atoms with van der Waals surface area (Å²) in [6.07, 6.45) is -0.780. The van der Waals surface area contributed by atoms with Crippen LogP contribution in [0.4, 0.5) is 4.39 Å². The van der Waals surface area contributed by atoms with Crippen LogP contribution in [0.1, 0.15) is 35.0 Å². The van der Waals surface area contributed by atoms with Gasteiger partial charge in [-0.3, -0.25) is 0 Å². The van der Waals surface area contributed by atoms with Crippen molar-refractivity contribution in [3.8, 4) is 11.4 Å². The first-order valence-electron chi connectivity index (χ1n) is 8.68. The van der Waals surface area contributed by atoms with Gasteiger partial charge in [0.1, 0.15) is 11.5 Å². The number of aryl methyl sites for hydroxylation is 1.